The van der Waals surface area contributed by atoms with Crippen LogP contribution in [0.3, 0.4) is 0 Å². The fourth-order valence-electron chi connectivity index (χ4n) is 3.14. The molecule has 0 N–H and O–H groups in total. The zero-order chi connectivity index (χ0) is 18.0. The molecule has 2 saturated heterocycles. The first-order valence-corrected chi connectivity index (χ1v) is 9.09. The lowest BCUT2D eigenvalue weighted by molar-refractivity contribution is -0.152. The van der Waals surface area contributed by atoms with E-state index in [0.717, 1.165) is 12.8 Å². The Kier molecular flexibility index (Phi) is 5.36. The highest BCUT2D eigenvalue weighted by atomic mass is 79.9. The number of likely N-dealkylation sites (tertiary alicyclic amines) is 1. The topological polar surface area (TPSA) is 60.9 Å². The highest BCUT2D eigenvalue weighted by molar-refractivity contribution is 9.10. The molecule has 2 aliphatic rings. The number of hydrogen-bond donors (Lipinski definition) is 0. The molecule has 0 radical (unpaired) electrons. The van der Waals surface area contributed by atoms with Crippen LogP contribution >= 0.6 is 15.9 Å². The third kappa shape index (κ3) is 3.84. The standard InChI is InChI=1S/C17H19BrFN3O3/c18-12-3-4-13(14(19)11-12)15(23)21-7-9-22(10-8-21)17(25)16(24)20-5-1-2-6-20/h3-4,11H,1-2,5-10H2. The van der Waals surface area contributed by atoms with Gasteiger partial charge < -0.3 is 14.7 Å². The molecule has 2 fully saturated rings. The van der Waals surface area contributed by atoms with E-state index >= 15 is 0 Å². The van der Waals surface area contributed by atoms with Crippen molar-refractivity contribution in [1.29, 1.82) is 0 Å². The molecule has 134 valence electrons. The van der Waals surface area contributed by atoms with E-state index < -0.39 is 23.5 Å². The first-order chi connectivity index (χ1) is 12.0. The zero-order valence-corrected chi connectivity index (χ0v) is 15.3. The van der Waals surface area contributed by atoms with Gasteiger partial charge in [-0.05, 0) is 31.0 Å². The Labute approximate surface area is 153 Å². The van der Waals surface area contributed by atoms with Crippen molar-refractivity contribution in [2.75, 3.05) is 39.3 Å². The van der Waals surface area contributed by atoms with Crippen molar-refractivity contribution in [3.05, 3.63) is 34.1 Å². The minimum Gasteiger partial charge on any atom is -0.335 e. The van der Waals surface area contributed by atoms with E-state index in [-0.39, 0.29) is 31.7 Å². The van der Waals surface area contributed by atoms with Gasteiger partial charge in [0.2, 0.25) is 0 Å². The van der Waals surface area contributed by atoms with Gasteiger partial charge in [0.1, 0.15) is 5.82 Å². The first-order valence-electron chi connectivity index (χ1n) is 8.30. The predicted molar refractivity (Wildman–Crippen MR) is 92.4 cm³/mol. The highest BCUT2D eigenvalue weighted by Crippen LogP contribution is 2.18. The Bertz CT molecular complexity index is 698. The largest absolute Gasteiger partial charge is 0.335 e. The predicted octanol–water partition coefficient (Wildman–Crippen LogP) is 1.49. The average molecular weight is 412 g/mol. The molecule has 1 aromatic rings. The number of amides is 3. The van der Waals surface area contributed by atoms with E-state index in [1.165, 1.54) is 21.9 Å². The number of halogens is 2. The summed E-state index contributed by atoms with van der Waals surface area (Å²) in [6.07, 6.45) is 1.86. The van der Waals surface area contributed by atoms with Crippen molar-refractivity contribution in [2.45, 2.75) is 12.8 Å². The van der Waals surface area contributed by atoms with E-state index in [9.17, 15) is 18.8 Å². The van der Waals surface area contributed by atoms with Crippen molar-refractivity contribution >= 4 is 33.7 Å². The molecule has 25 heavy (non-hydrogen) atoms. The van der Waals surface area contributed by atoms with E-state index in [1.54, 1.807) is 11.0 Å². The minimum absolute atomic E-state index is 0.0103. The number of carbonyl (C=O) groups is 3. The van der Waals surface area contributed by atoms with Crippen LogP contribution < -0.4 is 0 Å². The van der Waals surface area contributed by atoms with Gasteiger partial charge in [0.05, 0.1) is 5.56 Å². The molecule has 3 amide bonds. The summed E-state index contributed by atoms with van der Waals surface area (Å²) in [5.74, 6) is -1.95. The van der Waals surface area contributed by atoms with Gasteiger partial charge >= 0.3 is 11.8 Å². The van der Waals surface area contributed by atoms with Gasteiger partial charge in [-0.15, -0.1) is 0 Å². The number of rotatable bonds is 1. The Morgan fingerprint density at radius 3 is 1.92 bits per heavy atom. The Morgan fingerprint density at radius 1 is 0.840 bits per heavy atom. The summed E-state index contributed by atoms with van der Waals surface area (Å²) < 4.78 is 14.5. The maximum absolute atomic E-state index is 13.9. The Morgan fingerprint density at radius 2 is 1.36 bits per heavy atom. The third-order valence-electron chi connectivity index (χ3n) is 4.59. The van der Waals surface area contributed by atoms with Gasteiger partial charge in [0.15, 0.2) is 0 Å². The lowest BCUT2D eigenvalue weighted by Gasteiger charge is -2.35. The summed E-state index contributed by atoms with van der Waals surface area (Å²) in [4.78, 5) is 41.5. The summed E-state index contributed by atoms with van der Waals surface area (Å²) in [7, 11) is 0. The van der Waals surface area contributed by atoms with E-state index in [0.29, 0.717) is 17.6 Å². The third-order valence-corrected chi connectivity index (χ3v) is 5.09. The Balaban J connectivity index is 1.58. The molecule has 2 aliphatic heterocycles. The molecule has 0 spiro atoms. The van der Waals surface area contributed by atoms with Crippen molar-refractivity contribution in [3.8, 4) is 0 Å². The van der Waals surface area contributed by atoms with Crippen LogP contribution in [0, 0.1) is 5.82 Å². The zero-order valence-electron chi connectivity index (χ0n) is 13.7. The Hall–Kier alpha value is -1.96. The van der Waals surface area contributed by atoms with Crippen LogP contribution in [0.15, 0.2) is 22.7 Å². The van der Waals surface area contributed by atoms with Crippen LogP contribution in [0.2, 0.25) is 0 Å². The van der Waals surface area contributed by atoms with Crippen LogP contribution in [0.4, 0.5) is 4.39 Å². The second-order valence-corrected chi connectivity index (χ2v) is 7.12. The monoisotopic (exact) mass is 411 g/mol. The SMILES string of the molecule is O=C(C(=O)N1CCN(C(=O)c2ccc(Br)cc2F)CC1)N1CCCC1. The molecule has 0 aromatic heterocycles. The molecular formula is C17H19BrFN3O3. The molecule has 0 aliphatic carbocycles. The molecule has 1 aromatic carbocycles. The van der Waals surface area contributed by atoms with Crippen LogP contribution in [-0.4, -0.2) is 71.7 Å². The summed E-state index contributed by atoms with van der Waals surface area (Å²) in [6.45, 7) is 2.39. The fraction of sp³-hybridized carbons (Fsp3) is 0.471. The van der Waals surface area contributed by atoms with Crippen molar-refractivity contribution in [1.82, 2.24) is 14.7 Å². The van der Waals surface area contributed by atoms with Crippen LogP contribution in [-0.2, 0) is 9.59 Å². The molecule has 6 nitrogen and oxygen atoms in total. The van der Waals surface area contributed by atoms with E-state index in [2.05, 4.69) is 15.9 Å². The maximum atomic E-state index is 13.9. The van der Waals surface area contributed by atoms with Gasteiger partial charge in [-0.1, -0.05) is 15.9 Å². The number of piperazine rings is 1. The van der Waals surface area contributed by atoms with Gasteiger partial charge in [0.25, 0.3) is 5.91 Å². The number of nitrogens with zero attached hydrogens (tertiary/aromatic N) is 3. The van der Waals surface area contributed by atoms with Crippen LogP contribution in [0.1, 0.15) is 23.2 Å². The summed E-state index contributed by atoms with van der Waals surface area (Å²) >= 11 is 3.16. The molecular weight excluding hydrogens is 393 g/mol. The molecule has 3 rings (SSSR count). The van der Waals surface area contributed by atoms with Crippen molar-refractivity contribution in [2.24, 2.45) is 0 Å². The lowest BCUT2D eigenvalue weighted by Crippen LogP contribution is -2.54. The second-order valence-electron chi connectivity index (χ2n) is 6.21. The van der Waals surface area contributed by atoms with Crippen molar-refractivity contribution < 1.29 is 18.8 Å². The molecule has 0 saturated carbocycles. The number of carbonyl (C=O) groups excluding carboxylic acids is 3. The maximum Gasteiger partial charge on any atom is 0.312 e. The van der Waals surface area contributed by atoms with E-state index in [1.807, 2.05) is 0 Å². The quantitative estimate of drug-likeness (QED) is 0.657. The molecule has 0 atom stereocenters. The fourth-order valence-corrected chi connectivity index (χ4v) is 3.47. The van der Waals surface area contributed by atoms with E-state index in [4.69, 9.17) is 0 Å². The summed E-state index contributed by atoms with van der Waals surface area (Å²) in [5, 5.41) is 0. The first kappa shape index (κ1) is 17.8. The summed E-state index contributed by atoms with van der Waals surface area (Å²) in [5.41, 5.74) is 0.0103. The van der Waals surface area contributed by atoms with Crippen LogP contribution in [0.25, 0.3) is 0 Å². The molecule has 0 bridgehead atoms. The van der Waals surface area contributed by atoms with Gasteiger partial charge in [0, 0.05) is 43.7 Å². The number of hydrogen-bond acceptors (Lipinski definition) is 3. The minimum atomic E-state index is -0.581. The summed E-state index contributed by atoms with van der Waals surface area (Å²) in [6, 6.07) is 4.31. The molecule has 2 heterocycles. The highest BCUT2D eigenvalue weighted by Gasteiger charge is 2.32. The molecule has 8 heteroatoms. The normalized spacial score (nSPS) is 17.8. The smallest absolute Gasteiger partial charge is 0.312 e. The van der Waals surface area contributed by atoms with Crippen molar-refractivity contribution in [3.63, 3.8) is 0 Å². The van der Waals surface area contributed by atoms with Crippen LogP contribution in [0.5, 0.6) is 0 Å². The number of benzene rings is 1. The lowest BCUT2D eigenvalue weighted by atomic mass is 10.1. The van der Waals surface area contributed by atoms with Gasteiger partial charge in [-0.3, -0.25) is 14.4 Å². The van der Waals surface area contributed by atoms with Gasteiger partial charge in [-0.25, -0.2) is 4.39 Å². The average Bonchev–Trinajstić information content (AvgIpc) is 3.15. The molecule has 0 unspecified atom stereocenters. The second kappa shape index (κ2) is 7.51. The van der Waals surface area contributed by atoms with Gasteiger partial charge in [-0.2, -0.15) is 0 Å².